The van der Waals surface area contributed by atoms with Gasteiger partial charge in [0.1, 0.15) is 6.10 Å². The zero-order valence-corrected chi connectivity index (χ0v) is 14.6. The van der Waals surface area contributed by atoms with Gasteiger partial charge < -0.3 is 19.7 Å². The minimum absolute atomic E-state index is 0.0742. The number of benzene rings is 1. The fourth-order valence-corrected chi connectivity index (χ4v) is 2.54. The lowest BCUT2D eigenvalue weighted by Gasteiger charge is -2.24. The molecule has 1 N–H and O–H groups in total. The summed E-state index contributed by atoms with van der Waals surface area (Å²) >= 11 is 0. The van der Waals surface area contributed by atoms with Gasteiger partial charge in [-0.2, -0.15) is 0 Å². The highest BCUT2D eigenvalue weighted by atomic mass is 16.5. The SMILES string of the molecule is CC(=O)N(C)c1ccccc1NC(=O)[C@@H](C)OC[C@@H]1CCCCO1. The average Bonchev–Trinajstić information content (AvgIpc) is 2.60. The quantitative estimate of drug-likeness (QED) is 0.868. The smallest absolute Gasteiger partial charge is 0.253 e. The maximum Gasteiger partial charge on any atom is 0.253 e. The van der Waals surface area contributed by atoms with Gasteiger partial charge in [-0.3, -0.25) is 9.59 Å². The third kappa shape index (κ3) is 5.04. The molecule has 0 aromatic heterocycles. The maximum absolute atomic E-state index is 12.3. The summed E-state index contributed by atoms with van der Waals surface area (Å²) in [5.41, 5.74) is 1.24. The van der Waals surface area contributed by atoms with Gasteiger partial charge in [-0.25, -0.2) is 0 Å². The second-order valence-electron chi connectivity index (χ2n) is 6.05. The molecule has 0 bridgehead atoms. The molecule has 1 aliphatic heterocycles. The minimum Gasteiger partial charge on any atom is -0.376 e. The predicted octanol–water partition coefficient (Wildman–Crippen LogP) is 2.58. The molecule has 1 saturated heterocycles. The number of rotatable bonds is 6. The van der Waals surface area contributed by atoms with Crippen LogP contribution in [0.3, 0.4) is 0 Å². The van der Waals surface area contributed by atoms with Crippen molar-refractivity contribution in [3.05, 3.63) is 24.3 Å². The van der Waals surface area contributed by atoms with E-state index < -0.39 is 6.10 Å². The molecule has 132 valence electrons. The first kappa shape index (κ1) is 18.4. The lowest BCUT2D eigenvalue weighted by atomic mass is 10.1. The van der Waals surface area contributed by atoms with Crippen LogP contribution in [0.25, 0.3) is 0 Å². The highest BCUT2D eigenvalue weighted by Gasteiger charge is 2.20. The molecular formula is C18H26N2O4. The molecule has 2 amide bonds. The molecule has 0 unspecified atom stereocenters. The summed E-state index contributed by atoms with van der Waals surface area (Å²) < 4.78 is 11.2. The summed E-state index contributed by atoms with van der Waals surface area (Å²) in [6.45, 7) is 4.38. The summed E-state index contributed by atoms with van der Waals surface area (Å²) in [7, 11) is 1.67. The Hall–Kier alpha value is -1.92. The van der Waals surface area contributed by atoms with E-state index in [1.54, 1.807) is 26.1 Å². The Morgan fingerprint density at radius 1 is 1.38 bits per heavy atom. The van der Waals surface area contributed by atoms with Crippen LogP contribution in [0.15, 0.2) is 24.3 Å². The number of amides is 2. The Bertz CT molecular complexity index is 570. The van der Waals surface area contributed by atoms with Crippen LogP contribution in [0.1, 0.15) is 33.1 Å². The molecule has 1 aromatic carbocycles. The lowest BCUT2D eigenvalue weighted by molar-refractivity contribution is -0.130. The Morgan fingerprint density at radius 3 is 2.79 bits per heavy atom. The molecule has 2 rings (SSSR count). The standard InChI is InChI=1S/C18H26N2O4/c1-13(24-12-15-8-6-7-11-23-15)18(22)19-16-9-4-5-10-17(16)20(3)14(2)21/h4-5,9-10,13,15H,6-8,11-12H2,1-3H3,(H,19,22)/t13-,15+/m1/s1. The Balaban J connectivity index is 1.92. The first-order valence-corrected chi connectivity index (χ1v) is 8.36. The first-order valence-electron chi connectivity index (χ1n) is 8.36. The van der Waals surface area contributed by atoms with Crippen molar-refractivity contribution in [3.8, 4) is 0 Å². The summed E-state index contributed by atoms with van der Waals surface area (Å²) in [6, 6.07) is 7.20. The van der Waals surface area contributed by atoms with Crippen molar-refractivity contribution >= 4 is 23.2 Å². The van der Waals surface area contributed by atoms with Crippen LogP contribution in [-0.4, -0.2) is 44.3 Å². The highest BCUT2D eigenvalue weighted by molar-refractivity contribution is 6.01. The largest absolute Gasteiger partial charge is 0.376 e. The third-order valence-electron chi connectivity index (χ3n) is 4.17. The summed E-state index contributed by atoms with van der Waals surface area (Å²) in [4.78, 5) is 25.4. The molecule has 0 radical (unpaired) electrons. The van der Waals surface area contributed by atoms with E-state index >= 15 is 0 Å². The number of carbonyl (C=O) groups excluding carboxylic acids is 2. The van der Waals surface area contributed by atoms with E-state index in [1.165, 1.54) is 11.8 Å². The van der Waals surface area contributed by atoms with E-state index in [1.807, 2.05) is 12.1 Å². The minimum atomic E-state index is -0.591. The molecule has 1 aliphatic rings. The van der Waals surface area contributed by atoms with E-state index in [-0.39, 0.29) is 17.9 Å². The molecule has 1 aromatic rings. The number of ether oxygens (including phenoxy) is 2. The van der Waals surface area contributed by atoms with Crippen molar-refractivity contribution in [2.75, 3.05) is 30.5 Å². The zero-order valence-electron chi connectivity index (χ0n) is 14.6. The van der Waals surface area contributed by atoms with E-state index in [2.05, 4.69) is 5.32 Å². The van der Waals surface area contributed by atoms with Gasteiger partial charge in [0.2, 0.25) is 5.91 Å². The number of hydrogen-bond donors (Lipinski definition) is 1. The van der Waals surface area contributed by atoms with Gasteiger partial charge >= 0.3 is 0 Å². The molecule has 2 atom stereocenters. The number of carbonyl (C=O) groups is 2. The normalized spacial score (nSPS) is 18.7. The van der Waals surface area contributed by atoms with E-state index in [0.29, 0.717) is 18.0 Å². The fourth-order valence-electron chi connectivity index (χ4n) is 2.54. The topological polar surface area (TPSA) is 67.9 Å². The summed E-state index contributed by atoms with van der Waals surface area (Å²) in [6.07, 6.45) is 2.68. The average molecular weight is 334 g/mol. The van der Waals surface area contributed by atoms with Gasteiger partial charge in [0.15, 0.2) is 0 Å². The van der Waals surface area contributed by atoms with Crippen LogP contribution in [0.2, 0.25) is 0 Å². The van der Waals surface area contributed by atoms with Crippen LogP contribution in [0.4, 0.5) is 11.4 Å². The van der Waals surface area contributed by atoms with Crippen LogP contribution >= 0.6 is 0 Å². The second kappa shape index (κ2) is 8.80. The Kier molecular flexibility index (Phi) is 6.75. The van der Waals surface area contributed by atoms with Gasteiger partial charge in [-0.05, 0) is 38.3 Å². The molecule has 1 heterocycles. The van der Waals surface area contributed by atoms with Crippen LogP contribution in [0.5, 0.6) is 0 Å². The molecule has 1 fully saturated rings. The summed E-state index contributed by atoms with van der Waals surface area (Å²) in [5.74, 6) is -0.342. The van der Waals surface area contributed by atoms with Crippen molar-refractivity contribution < 1.29 is 19.1 Å². The molecular weight excluding hydrogens is 308 g/mol. The highest BCUT2D eigenvalue weighted by Crippen LogP contribution is 2.25. The van der Waals surface area contributed by atoms with E-state index in [4.69, 9.17) is 9.47 Å². The van der Waals surface area contributed by atoms with Gasteiger partial charge in [-0.1, -0.05) is 12.1 Å². The van der Waals surface area contributed by atoms with Crippen LogP contribution in [0, 0.1) is 0 Å². The molecule has 6 nitrogen and oxygen atoms in total. The summed E-state index contributed by atoms with van der Waals surface area (Å²) in [5, 5.41) is 2.84. The van der Waals surface area contributed by atoms with Gasteiger partial charge in [0, 0.05) is 20.6 Å². The van der Waals surface area contributed by atoms with Gasteiger partial charge in [-0.15, -0.1) is 0 Å². The van der Waals surface area contributed by atoms with Crippen molar-refractivity contribution in [3.63, 3.8) is 0 Å². The van der Waals surface area contributed by atoms with Crippen LogP contribution < -0.4 is 10.2 Å². The van der Waals surface area contributed by atoms with Gasteiger partial charge in [0.05, 0.1) is 24.1 Å². The van der Waals surface area contributed by atoms with E-state index in [0.717, 1.165) is 25.9 Å². The molecule has 0 aliphatic carbocycles. The first-order chi connectivity index (χ1) is 11.5. The monoisotopic (exact) mass is 334 g/mol. The molecule has 0 spiro atoms. The number of para-hydroxylation sites is 2. The lowest BCUT2D eigenvalue weighted by Crippen LogP contribution is -2.33. The third-order valence-corrected chi connectivity index (χ3v) is 4.17. The molecule has 6 heteroatoms. The molecule has 24 heavy (non-hydrogen) atoms. The van der Waals surface area contributed by atoms with Gasteiger partial charge in [0.25, 0.3) is 5.91 Å². The Labute approximate surface area is 143 Å². The number of nitrogens with zero attached hydrogens (tertiary/aromatic N) is 1. The van der Waals surface area contributed by atoms with Crippen molar-refractivity contribution in [1.29, 1.82) is 0 Å². The number of anilines is 2. The van der Waals surface area contributed by atoms with E-state index in [9.17, 15) is 9.59 Å². The maximum atomic E-state index is 12.3. The van der Waals surface area contributed by atoms with Crippen molar-refractivity contribution in [1.82, 2.24) is 0 Å². The number of hydrogen-bond acceptors (Lipinski definition) is 4. The number of nitrogens with one attached hydrogen (secondary N) is 1. The predicted molar refractivity (Wildman–Crippen MR) is 93.2 cm³/mol. The molecule has 0 saturated carbocycles. The van der Waals surface area contributed by atoms with Crippen molar-refractivity contribution in [2.45, 2.75) is 45.3 Å². The Morgan fingerprint density at radius 2 is 2.12 bits per heavy atom. The fraction of sp³-hybridized carbons (Fsp3) is 0.556. The second-order valence-corrected chi connectivity index (χ2v) is 6.05. The van der Waals surface area contributed by atoms with Crippen LogP contribution in [-0.2, 0) is 19.1 Å². The van der Waals surface area contributed by atoms with Crippen molar-refractivity contribution in [2.24, 2.45) is 0 Å². The zero-order chi connectivity index (χ0) is 17.5.